The molecule has 1 saturated heterocycles. The van der Waals surface area contributed by atoms with Crippen LogP contribution in [0.3, 0.4) is 0 Å². The van der Waals surface area contributed by atoms with Crippen LogP contribution in [-0.2, 0) is 9.59 Å². The molecule has 2 amide bonds. The van der Waals surface area contributed by atoms with Crippen LogP contribution < -0.4 is 9.80 Å². The third-order valence-electron chi connectivity index (χ3n) is 5.39. The number of likely N-dealkylation sites (N-methyl/N-ethyl adjacent to an activating group) is 1. The monoisotopic (exact) mass is 374 g/mol. The molecule has 1 aromatic carbocycles. The Labute approximate surface area is 163 Å². The number of hydrogen-bond donors (Lipinski definition) is 0. The smallest absolute Gasteiger partial charge is 0.224 e. The molecule has 6 heteroatoms. The Balaban J connectivity index is 1.95. The summed E-state index contributed by atoms with van der Waals surface area (Å²) in [6.45, 7) is 14.8. The van der Waals surface area contributed by atoms with E-state index in [4.69, 9.17) is 0 Å². The summed E-state index contributed by atoms with van der Waals surface area (Å²) in [5, 5.41) is 0. The van der Waals surface area contributed by atoms with Crippen molar-refractivity contribution in [1.29, 1.82) is 0 Å². The van der Waals surface area contributed by atoms with E-state index in [2.05, 4.69) is 30.6 Å². The van der Waals surface area contributed by atoms with Crippen molar-refractivity contribution in [2.24, 2.45) is 0 Å². The van der Waals surface area contributed by atoms with E-state index < -0.39 is 0 Å². The fourth-order valence-electron chi connectivity index (χ4n) is 3.58. The van der Waals surface area contributed by atoms with Crippen LogP contribution in [0, 0.1) is 0 Å². The minimum absolute atomic E-state index is 0.0332. The van der Waals surface area contributed by atoms with Gasteiger partial charge in [0.15, 0.2) is 0 Å². The van der Waals surface area contributed by atoms with Crippen LogP contribution in [0.5, 0.6) is 0 Å². The lowest BCUT2D eigenvalue weighted by Gasteiger charge is -2.34. The van der Waals surface area contributed by atoms with E-state index in [1.54, 1.807) is 11.8 Å². The van der Waals surface area contributed by atoms with Crippen molar-refractivity contribution in [2.45, 2.75) is 34.1 Å². The van der Waals surface area contributed by atoms with Gasteiger partial charge in [-0.15, -0.1) is 0 Å². The number of carbonyl (C=O) groups excluding carboxylic acids is 2. The van der Waals surface area contributed by atoms with E-state index in [1.165, 1.54) is 0 Å². The van der Waals surface area contributed by atoms with Crippen LogP contribution in [0.1, 0.15) is 34.1 Å². The van der Waals surface area contributed by atoms with Gasteiger partial charge in [-0.25, -0.2) is 0 Å². The van der Waals surface area contributed by atoms with Crippen molar-refractivity contribution >= 4 is 23.2 Å². The first-order valence-electron chi connectivity index (χ1n) is 10.1. The van der Waals surface area contributed by atoms with Gasteiger partial charge in [-0.05, 0) is 44.7 Å². The summed E-state index contributed by atoms with van der Waals surface area (Å²) in [5.74, 6) is 0.103. The standard InChI is InChI=1S/C21H34N4O2/c1-5-22-14-16-24(17-15-22)21(27)12-13-25(18(4)26)20-10-8-19(9-11-20)23(6-2)7-3/h8-11H,5-7,12-17H2,1-4H3. The fourth-order valence-corrected chi connectivity index (χ4v) is 3.58. The Morgan fingerprint density at radius 3 is 1.96 bits per heavy atom. The number of nitrogens with zero attached hydrogens (tertiary/aromatic N) is 4. The summed E-state index contributed by atoms with van der Waals surface area (Å²) >= 11 is 0. The van der Waals surface area contributed by atoms with Gasteiger partial charge in [0.25, 0.3) is 0 Å². The van der Waals surface area contributed by atoms with Gasteiger partial charge in [-0.3, -0.25) is 9.59 Å². The second-order valence-corrected chi connectivity index (χ2v) is 6.92. The van der Waals surface area contributed by atoms with Crippen molar-refractivity contribution in [2.75, 3.05) is 62.2 Å². The fraction of sp³-hybridized carbons (Fsp3) is 0.619. The summed E-state index contributed by atoms with van der Waals surface area (Å²) in [7, 11) is 0. The quantitative estimate of drug-likeness (QED) is 0.701. The molecule has 1 aromatic rings. The molecule has 150 valence electrons. The molecule has 0 atom stereocenters. The summed E-state index contributed by atoms with van der Waals surface area (Å²) in [4.78, 5) is 32.9. The Bertz CT molecular complexity index is 605. The van der Waals surface area contributed by atoms with Crippen molar-refractivity contribution in [3.8, 4) is 0 Å². The highest BCUT2D eigenvalue weighted by Crippen LogP contribution is 2.21. The van der Waals surface area contributed by atoms with Crippen LogP contribution in [0.15, 0.2) is 24.3 Å². The Kier molecular flexibility index (Phi) is 8.10. The highest BCUT2D eigenvalue weighted by Gasteiger charge is 2.21. The third-order valence-corrected chi connectivity index (χ3v) is 5.39. The summed E-state index contributed by atoms with van der Waals surface area (Å²) in [5.41, 5.74) is 2.00. The van der Waals surface area contributed by atoms with Crippen LogP contribution in [0.4, 0.5) is 11.4 Å². The zero-order valence-corrected chi connectivity index (χ0v) is 17.3. The lowest BCUT2D eigenvalue weighted by atomic mass is 10.2. The lowest BCUT2D eigenvalue weighted by molar-refractivity contribution is -0.132. The maximum atomic E-state index is 12.5. The Hall–Kier alpha value is -2.08. The first-order chi connectivity index (χ1) is 13.0. The maximum Gasteiger partial charge on any atom is 0.224 e. The van der Waals surface area contributed by atoms with Crippen molar-refractivity contribution in [1.82, 2.24) is 9.80 Å². The van der Waals surface area contributed by atoms with Crippen LogP contribution in [0.2, 0.25) is 0 Å². The second-order valence-electron chi connectivity index (χ2n) is 6.92. The van der Waals surface area contributed by atoms with E-state index in [0.717, 1.165) is 57.2 Å². The molecule has 1 heterocycles. The molecular weight excluding hydrogens is 340 g/mol. The van der Waals surface area contributed by atoms with E-state index >= 15 is 0 Å². The summed E-state index contributed by atoms with van der Waals surface area (Å²) in [6, 6.07) is 8.03. The molecule has 0 aromatic heterocycles. The molecule has 0 radical (unpaired) electrons. The van der Waals surface area contributed by atoms with Gasteiger partial charge in [-0.2, -0.15) is 0 Å². The number of carbonyl (C=O) groups is 2. The van der Waals surface area contributed by atoms with E-state index in [0.29, 0.717) is 13.0 Å². The zero-order chi connectivity index (χ0) is 19.8. The van der Waals surface area contributed by atoms with Gasteiger partial charge in [-0.1, -0.05) is 6.92 Å². The van der Waals surface area contributed by atoms with Crippen molar-refractivity contribution in [3.63, 3.8) is 0 Å². The van der Waals surface area contributed by atoms with Gasteiger partial charge >= 0.3 is 0 Å². The molecule has 1 aliphatic rings. The van der Waals surface area contributed by atoms with Gasteiger partial charge in [0.2, 0.25) is 11.8 Å². The topological polar surface area (TPSA) is 47.1 Å². The predicted molar refractivity (Wildman–Crippen MR) is 111 cm³/mol. The number of rotatable bonds is 8. The minimum atomic E-state index is -0.0332. The molecule has 27 heavy (non-hydrogen) atoms. The molecule has 0 spiro atoms. The molecule has 0 unspecified atom stereocenters. The summed E-state index contributed by atoms with van der Waals surface area (Å²) in [6.07, 6.45) is 0.365. The van der Waals surface area contributed by atoms with Gasteiger partial charge < -0.3 is 19.6 Å². The molecule has 0 N–H and O–H groups in total. The zero-order valence-electron chi connectivity index (χ0n) is 17.3. The van der Waals surface area contributed by atoms with Crippen LogP contribution in [-0.4, -0.2) is 74.0 Å². The molecule has 1 fully saturated rings. The predicted octanol–water partition coefficient (Wildman–Crippen LogP) is 2.44. The van der Waals surface area contributed by atoms with Gasteiger partial charge in [0, 0.05) is 70.5 Å². The molecular formula is C21H34N4O2. The van der Waals surface area contributed by atoms with Crippen LogP contribution in [0.25, 0.3) is 0 Å². The van der Waals surface area contributed by atoms with Crippen LogP contribution >= 0.6 is 0 Å². The molecule has 6 nitrogen and oxygen atoms in total. The van der Waals surface area contributed by atoms with E-state index in [1.807, 2.05) is 29.2 Å². The number of piperazine rings is 1. The highest BCUT2D eigenvalue weighted by atomic mass is 16.2. The van der Waals surface area contributed by atoms with Gasteiger partial charge in [0.1, 0.15) is 0 Å². The molecule has 0 aliphatic carbocycles. The third kappa shape index (κ3) is 5.70. The molecule has 1 aliphatic heterocycles. The maximum absolute atomic E-state index is 12.5. The Morgan fingerprint density at radius 2 is 1.48 bits per heavy atom. The molecule has 2 rings (SSSR count). The summed E-state index contributed by atoms with van der Waals surface area (Å²) < 4.78 is 0. The number of benzene rings is 1. The highest BCUT2D eigenvalue weighted by molar-refractivity contribution is 5.92. The van der Waals surface area contributed by atoms with Gasteiger partial charge in [0.05, 0.1) is 0 Å². The number of amides is 2. The largest absolute Gasteiger partial charge is 0.372 e. The van der Waals surface area contributed by atoms with Crippen molar-refractivity contribution in [3.05, 3.63) is 24.3 Å². The average Bonchev–Trinajstić information content (AvgIpc) is 2.69. The molecule has 0 saturated carbocycles. The SMILES string of the molecule is CCN1CCN(C(=O)CCN(C(C)=O)c2ccc(N(CC)CC)cc2)CC1. The first-order valence-corrected chi connectivity index (χ1v) is 10.1. The molecule has 0 bridgehead atoms. The van der Waals surface area contributed by atoms with Crippen molar-refractivity contribution < 1.29 is 9.59 Å². The van der Waals surface area contributed by atoms with E-state index in [-0.39, 0.29) is 11.8 Å². The second kappa shape index (κ2) is 10.3. The first kappa shape index (κ1) is 21.2. The normalized spacial score (nSPS) is 14.9. The number of hydrogen-bond acceptors (Lipinski definition) is 4. The minimum Gasteiger partial charge on any atom is -0.372 e. The average molecular weight is 375 g/mol. The number of anilines is 2. The van der Waals surface area contributed by atoms with E-state index in [9.17, 15) is 9.59 Å². The Morgan fingerprint density at radius 1 is 0.926 bits per heavy atom. The lowest BCUT2D eigenvalue weighted by Crippen LogP contribution is -2.49.